The molecule has 0 radical (unpaired) electrons. The van der Waals surface area contributed by atoms with Crippen molar-refractivity contribution in [3.63, 3.8) is 0 Å². The van der Waals surface area contributed by atoms with Crippen LogP contribution < -0.4 is 15.4 Å². The number of rotatable bonds is 6. The number of halogens is 2. The van der Waals surface area contributed by atoms with Gasteiger partial charge in [-0.25, -0.2) is 0 Å². The molecule has 0 aliphatic carbocycles. The summed E-state index contributed by atoms with van der Waals surface area (Å²) in [5, 5.41) is 6.12. The van der Waals surface area contributed by atoms with Crippen molar-refractivity contribution in [2.24, 2.45) is 0 Å². The number of likely N-dealkylation sites (N-methyl/N-ethyl adjacent to an activating group) is 1. The zero-order valence-corrected chi connectivity index (χ0v) is 19.3. The van der Waals surface area contributed by atoms with Gasteiger partial charge in [0, 0.05) is 17.2 Å². The fourth-order valence-corrected chi connectivity index (χ4v) is 2.69. The van der Waals surface area contributed by atoms with E-state index in [1.807, 2.05) is 32.0 Å². The number of carbonyl (C=O) groups is 1. The third kappa shape index (κ3) is 8.36. The predicted octanol–water partition coefficient (Wildman–Crippen LogP) is 5.58. The van der Waals surface area contributed by atoms with Crippen LogP contribution in [0.25, 0.3) is 5.70 Å². The van der Waals surface area contributed by atoms with Crippen molar-refractivity contribution in [3.8, 4) is 5.75 Å². The topological polar surface area (TPSA) is 50.4 Å². The summed E-state index contributed by atoms with van der Waals surface area (Å²) in [6.07, 6.45) is 0.0629. The van der Waals surface area contributed by atoms with E-state index in [0.717, 1.165) is 10.0 Å². The zero-order valence-electron chi connectivity index (χ0n) is 17.0. The van der Waals surface area contributed by atoms with Crippen LogP contribution in [-0.2, 0) is 4.79 Å². The average molecular weight is 468 g/mol. The highest BCUT2D eigenvalue weighted by Crippen LogP contribution is 2.28. The summed E-state index contributed by atoms with van der Waals surface area (Å²) in [7, 11) is 1.60. The summed E-state index contributed by atoms with van der Waals surface area (Å²) in [6.45, 7) is 11.6. The van der Waals surface area contributed by atoms with Gasteiger partial charge in [0.2, 0.25) is 5.91 Å². The quantitative estimate of drug-likeness (QED) is 0.583. The lowest BCUT2D eigenvalue weighted by Gasteiger charge is -2.17. The van der Waals surface area contributed by atoms with E-state index in [1.165, 1.54) is 5.56 Å². The van der Waals surface area contributed by atoms with E-state index in [2.05, 4.69) is 52.2 Å². The molecule has 2 aromatic carbocycles. The molecule has 0 bridgehead atoms. The Labute approximate surface area is 181 Å². The number of carbonyl (C=O) groups excluding carboxylic acids is 1. The fourth-order valence-electron chi connectivity index (χ4n) is 2.20. The SMILES string of the molecule is C=C(NC(C)C(=O)NC)c1ccc(OC(C)C)c(Cl)c1.Cc1ccc(Br)cc1. The standard InChI is InChI=1S/C15H21ClN2O2.C7H7Br/c1-9(2)20-14-7-6-12(8-13(14)16)10(3)18-11(4)15(19)17-5;1-6-2-4-7(8)5-3-6/h6-9,11,18H,3H2,1-2,4-5H3,(H,17,19);2-5H,1H3. The molecule has 4 nitrogen and oxygen atoms in total. The van der Waals surface area contributed by atoms with Crippen LogP contribution in [-0.4, -0.2) is 25.1 Å². The molecule has 0 saturated heterocycles. The molecular weight excluding hydrogens is 440 g/mol. The van der Waals surface area contributed by atoms with Crippen molar-refractivity contribution >= 4 is 39.1 Å². The molecule has 28 heavy (non-hydrogen) atoms. The van der Waals surface area contributed by atoms with E-state index in [0.29, 0.717) is 16.5 Å². The molecule has 2 aromatic rings. The molecule has 0 fully saturated rings. The van der Waals surface area contributed by atoms with Gasteiger partial charge in [-0.3, -0.25) is 4.79 Å². The molecule has 0 heterocycles. The van der Waals surface area contributed by atoms with Gasteiger partial charge in [-0.05, 0) is 63.6 Å². The lowest BCUT2D eigenvalue weighted by atomic mass is 10.1. The van der Waals surface area contributed by atoms with Crippen molar-refractivity contribution in [1.82, 2.24) is 10.6 Å². The molecule has 0 aromatic heterocycles. The van der Waals surface area contributed by atoms with Gasteiger partial charge < -0.3 is 15.4 Å². The number of ether oxygens (including phenoxy) is 1. The highest BCUT2D eigenvalue weighted by molar-refractivity contribution is 9.10. The molecular formula is C22H28BrClN2O2. The Morgan fingerprint density at radius 2 is 1.75 bits per heavy atom. The Balaban J connectivity index is 0.000000406. The van der Waals surface area contributed by atoms with Crippen LogP contribution in [0.4, 0.5) is 0 Å². The molecule has 0 saturated carbocycles. The summed E-state index contributed by atoms with van der Waals surface area (Å²) in [5.41, 5.74) is 2.76. The number of benzene rings is 2. The van der Waals surface area contributed by atoms with Crippen LogP contribution >= 0.6 is 27.5 Å². The molecule has 1 amide bonds. The van der Waals surface area contributed by atoms with E-state index >= 15 is 0 Å². The van der Waals surface area contributed by atoms with E-state index in [4.69, 9.17) is 16.3 Å². The van der Waals surface area contributed by atoms with Crippen molar-refractivity contribution in [2.75, 3.05) is 7.05 Å². The maximum absolute atomic E-state index is 11.5. The zero-order chi connectivity index (χ0) is 21.3. The lowest BCUT2D eigenvalue weighted by molar-refractivity contribution is -0.121. The Morgan fingerprint density at radius 3 is 2.21 bits per heavy atom. The first-order valence-electron chi connectivity index (χ1n) is 8.99. The van der Waals surface area contributed by atoms with Gasteiger partial charge in [-0.1, -0.05) is 51.8 Å². The van der Waals surface area contributed by atoms with Gasteiger partial charge in [0.1, 0.15) is 11.8 Å². The van der Waals surface area contributed by atoms with Crippen molar-refractivity contribution < 1.29 is 9.53 Å². The second kappa shape index (κ2) is 11.8. The maximum Gasteiger partial charge on any atom is 0.241 e. The highest BCUT2D eigenvalue weighted by Gasteiger charge is 2.13. The second-order valence-corrected chi connectivity index (χ2v) is 7.89. The van der Waals surface area contributed by atoms with E-state index < -0.39 is 0 Å². The summed E-state index contributed by atoms with van der Waals surface area (Å²) in [5.74, 6) is 0.537. The Hall–Kier alpha value is -1.98. The molecule has 0 aliphatic heterocycles. The van der Waals surface area contributed by atoms with Crippen LogP contribution in [0.2, 0.25) is 5.02 Å². The lowest BCUT2D eigenvalue weighted by Crippen LogP contribution is -2.39. The number of amides is 1. The minimum absolute atomic E-state index is 0.0629. The molecule has 1 unspecified atom stereocenters. The molecule has 152 valence electrons. The smallest absolute Gasteiger partial charge is 0.241 e. The van der Waals surface area contributed by atoms with Gasteiger partial charge in [0.25, 0.3) is 0 Å². The summed E-state index contributed by atoms with van der Waals surface area (Å²) in [6, 6.07) is 13.3. The average Bonchev–Trinajstić information content (AvgIpc) is 2.65. The fraction of sp³-hybridized carbons (Fsp3) is 0.318. The first kappa shape index (κ1) is 24.1. The highest BCUT2D eigenvalue weighted by atomic mass is 79.9. The number of aryl methyl sites for hydroxylation is 1. The van der Waals surface area contributed by atoms with Crippen molar-refractivity contribution in [3.05, 3.63) is 69.7 Å². The number of hydrogen-bond acceptors (Lipinski definition) is 3. The van der Waals surface area contributed by atoms with Crippen LogP contribution in [0.1, 0.15) is 31.9 Å². The second-order valence-electron chi connectivity index (χ2n) is 6.57. The van der Waals surface area contributed by atoms with Gasteiger partial charge in [-0.2, -0.15) is 0 Å². The maximum atomic E-state index is 11.5. The monoisotopic (exact) mass is 466 g/mol. The minimum atomic E-state index is -0.363. The summed E-state index contributed by atoms with van der Waals surface area (Å²) in [4.78, 5) is 11.5. The van der Waals surface area contributed by atoms with Gasteiger partial charge in [0.15, 0.2) is 0 Å². The van der Waals surface area contributed by atoms with Crippen LogP contribution in [0.5, 0.6) is 5.75 Å². The molecule has 0 aliphatic rings. The predicted molar refractivity (Wildman–Crippen MR) is 122 cm³/mol. The van der Waals surface area contributed by atoms with Crippen LogP contribution in [0.3, 0.4) is 0 Å². The third-order valence-corrected chi connectivity index (χ3v) is 4.51. The molecule has 1 atom stereocenters. The Kier molecular flexibility index (Phi) is 10.1. The molecule has 6 heteroatoms. The number of hydrogen-bond donors (Lipinski definition) is 2. The normalized spacial score (nSPS) is 11.1. The van der Waals surface area contributed by atoms with Crippen LogP contribution in [0, 0.1) is 6.92 Å². The minimum Gasteiger partial charge on any atom is -0.489 e. The van der Waals surface area contributed by atoms with Gasteiger partial charge in [0.05, 0.1) is 11.1 Å². The number of nitrogens with one attached hydrogen (secondary N) is 2. The van der Waals surface area contributed by atoms with Crippen LogP contribution in [0.15, 0.2) is 53.5 Å². The van der Waals surface area contributed by atoms with Gasteiger partial charge >= 0.3 is 0 Å². The largest absolute Gasteiger partial charge is 0.489 e. The van der Waals surface area contributed by atoms with E-state index in [-0.39, 0.29) is 18.1 Å². The van der Waals surface area contributed by atoms with Crippen molar-refractivity contribution in [2.45, 2.75) is 39.8 Å². The summed E-state index contributed by atoms with van der Waals surface area (Å²) < 4.78 is 6.71. The third-order valence-electron chi connectivity index (χ3n) is 3.68. The van der Waals surface area contributed by atoms with E-state index in [9.17, 15) is 4.79 Å². The Bertz CT molecular complexity index is 771. The molecule has 0 spiro atoms. The Morgan fingerprint density at radius 1 is 1.14 bits per heavy atom. The van der Waals surface area contributed by atoms with Crippen molar-refractivity contribution in [1.29, 1.82) is 0 Å². The van der Waals surface area contributed by atoms with E-state index in [1.54, 1.807) is 26.1 Å². The molecule has 2 rings (SSSR count). The van der Waals surface area contributed by atoms with Gasteiger partial charge in [-0.15, -0.1) is 0 Å². The first-order valence-corrected chi connectivity index (χ1v) is 10.2. The molecule has 2 N–H and O–H groups in total. The first-order chi connectivity index (χ1) is 13.1. The summed E-state index contributed by atoms with van der Waals surface area (Å²) >= 11 is 9.52.